The Morgan fingerprint density at radius 3 is 1.62 bits per heavy atom. The standard InChI is InChI=1S/C29H36N2O6/c32-17-5-1-3-7-19-35-25-13-9-23(10-14-25)28-30-21-27(22-31-28)37-29(34)24-11-15-26(16-12-24)36-20-8-4-2-6-18-33/h9-16,21-22,32-33H,1-8,17-20H2. The zero-order valence-electron chi connectivity index (χ0n) is 21.2. The van der Waals surface area contributed by atoms with Crippen LogP contribution >= 0.6 is 0 Å². The smallest absolute Gasteiger partial charge is 0.343 e. The maximum Gasteiger partial charge on any atom is 0.343 e. The van der Waals surface area contributed by atoms with Crippen LogP contribution in [0.15, 0.2) is 60.9 Å². The maximum atomic E-state index is 12.5. The quantitative estimate of drug-likeness (QED) is 0.188. The van der Waals surface area contributed by atoms with Crippen molar-refractivity contribution in [1.29, 1.82) is 0 Å². The Morgan fingerprint density at radius 1 is 0.622 bits per heavy atom. The molecular formula is C29H36N2O6. The van der Waals surface area contributed by atoms with Gasteiger partial charge in [0.1, 0.15) is 11.5 Å². The second-order valence-electron chi connectivity index (χ2n) is 8.65. The number of rotatable bonds is 17. The summed E-state index contributed by atoms with van der Waals surface area (Å²) in [6, 6.07) is 14.4. The van der Waals surface area contributed by atoms with Gasteiger partial charge in [-0.2, -0.15) is 0 Å². The Bertz CT molecular complexity index is 1040. The van der Waals surface area contributed by atoms with Crippen LogP contribution in [0.3, 0.4) is 0 Å². The number of nitrogens with zero attached hydrogens (tertiary/aromatic N) is 2. The molecule has 0 atom stereocenters. The van der Waals surface area contributed by atoms with E-state index in [1.54, 1.807) is 24.3 Å². The van der Waals surface area contributed by atoms with Gasteiger partial charge in [-0.25, -0.2) is 14.8 Å². The number of esters is 1. The molecule has 1 aromatic heterocycles. The normalized spacial score (nSPS) is 10.8. The number of unbranched alkanes of at least 4 members (excludes halogenated alkanes) is 6. The van der Waals surface area contributed by atoms with E-state index in [9.17, 15) is 4.79 Å². The molecule has 0 aliphatic rings. The minimum atomic E-state index is -0.496. The first-order valence-electron chi connectivity index (χ1n) is 12.9. The van der Waals surface area contributed by atoms with E-state index in [-0.39, 0.29) is 19.0 Å². The molecule has 0 saturated heterocycles. The van der Waals surface area contributed by atoms with Crippen molar-refractivity contribution in [2.75, 3.05) is 26.4 Å². The fourth-order valence-corrected chi connectivity index (χ4v) is 3.59. The number of carbonyl (C=O) groups excluding carboxylic acids is 1. The van der Waals surface area contributed by atoms with Crippen LogP contribution in [0.2, 0.25) is 0 Å². The van der Waals surface area contributed by atoms with E-state index in [0.29, 0.717) is 30.4 Å². The Balaban J connectivity index is 1.43. The zero-order valence-corrected chi connectivity index (χ0v) is 21.2. The topological polar surface area (TPSA) is 111 Å². The Hall–Kier alpha value is -3.49. The summed E-state index contributed by atoms with van der Waals surface area (Å²) in [4.78, 5) is 21.1. The highest BCUT2D eigenvalue weighted by Gasteiger charge is 2.10. The molecule has 37 heavy (non-hydrogen) atoms. The molecule has 0 amide bonds. The highest BCUT2D eigenvalue weighted by Crippen LogP contribution is 2.21. The minimum absolute atomic E-state index is 0.229. The molecule has 3 aromatic rings. The molecular weight excluding hydrogens is 472 g/mol. The van der Waals surface area contributed by atoms with Gasteiger partial charge >= 0.3 is 5.97 Å². The van der Waals surface area contributed by atoms with Gasteiger partial charge < -0.3 is 24.4 Å². The lowest BCUT2D eigenvalue weighted by molar-refractivity contribution is 0.0733. The molecule has 0 fully saturated rings. The molecule has 198 valence electrons. The predicted molar refractivity (Wildman–Crippen MR) is 141 cm³/mol. The third-order valence-electron chi connectivity index (χ3n) is 5.68. The van der Waals surface area contributed by atoms with E-state index in [1.807, 2.05) is 24.3 Å². The van der Waals surface area contributed by atoms with E-state index < -0.39 is 5.97 Å². The van der Waals surface area contributed by atoms with Gasteiger partial charge in [0, 0.05) is 18.8 Å². The molecule has 1 heterocycles. The summed E-state index contributed by atoms with van der Waals surface area (Å²) in [7, 11) is 0. The van der Waals surface area contributed by atoms with Gasteiger partial charge in [0.15, 0.2) is 11.6 Å². The van der Waals surface area contributed by atoms with Crippen LogP contribution in [0.4, 0.5) is 0 Å². The van der Waals surface area contributed by atoms with Crippen molar-refractivity contribution >= 4 is 5.97 Å². The van der Waals surface area contributed by atoms with Crippen molar-refractivity contribution < 1.29 is 29.2 Å². The summed E-state index contributed by atoms with van der Waals surface area (Å²) in [5.41, 5.74) is 1.24. The van der Waals surface area contributed by atoms with Crippen molar-refractivity contribution in [2.45, 2.75) is 51.4 Å². The highest BCUT2D eigenvalue weighted by atomic mass is 16.5. The number of hydrogen-bond acceptors (Lipinski definition) is 8. The van der Waals surface area contributed by atoms with Crippen molar-refractivity contribution in [3.05, 3.63) is 66.5 Å². The molecule has 0 aliphatic carbocycles. The molecule has 0 spiro atoms. The van der Waals surface area contributed by atoms with Gasteiger partial charge in [0.05, 0.1) is 31.2 Å². The number of benzene rings is 2. The second-order valence-corrected chi connectivity index (χ2v) is 8.65. The summed E-state index contributed by atoms with van der Waals surface area (Å²) in [5.74, 6) is 1.77. The number of aliphatic hydroxyl groups is 2. The predicted octanol–water partition coefficient (Wildman–Crippen LogP) is 5.23. The second kappa shape index (κ2) is 16.3. The lowest BCUT2D eigenvalue weighted by Crippen LogP contribution is -2.09. The lowest BCUT2D eigenvalue weighted by Gasteiger charge is -2.08. The van der Waals surface area contributed by atoms with Crippen LogP contribution in [-0.2, 0) is 0 Å². The summed E-state index contributed by atoms with van der Waals surface area (Å²) >= 11 is 0. The molecule has 0 saturated carbocycles. The third kappa shape index (κ3) is 10.2. The summed E-state index contributed by atoms with van der Waals surface area (Å²) in [6.07, 6.45) is 10.5. The van der Waals surface area contributed by atoms with E-state index in [2.05, 4.69) is 9.97 Å². The monoisotopic (exact) mass is 508 g/mol. The number of aliphatic hydroxyl groups excluding tert-OH is 2. The molecule has 3 rings (SSSR count). The van der Waals surface area contributed by atoms with Crippen LogP contribution in [0.1, 0.15) is 61.7 Å². The van der Waals surface area contributed by atoms with Gasteiger partial charge in [0.25, 0.3) is 0 Å². The Morgan fingerprint density at radius 2 is 1.11 bits per heavy atom. The molecule has 2 N–H and O–H groups in total. The fourth-order valence-electron chi connectivity index (χ4n) is 3.59. The molecule has 0 bridgehead atoms. The average Bonchev–Trinajstić information content (AvgIpc) is 2.94. The number of carbonyl (C=O) groups is 1. The van der Waals surface area contributed by atoms with Crippen LogP contribution in [0, 0.1) is 0 Å². The first kappa shape index (κ1) is 28.1. The van der Waals surface area contributed by atoms with Crippen molar-refractivity contribution in [3.63, 3.8) is 0 Å². The first-order valence-corrected chi connectivity index (χ1v) is 12.9. The first-order chi connectivity index (χ1) is 18.2. The van der Waals surface area contributed by atoms with Crippen molar-refractivity contribution in [2.24, 2.45) is 0 Å². The highest BCUT2D eigenvalue weighted by molar-refractivity contribution is 5.91. The van der Waals surface area contributed by atoms with Gasteiger partial charge in [-0.05, 0) is 87.1 Å². The Kier molecular flexibility index (Phi) is 12.4. The lowest BCUT2D eigenvalue weighted by atomic mass is 10.2. The number of hydrogen-bond donors (Lipinski definition) is 2. The minimum Gasteiger partial charge on any atom is -0.494 e. The van der Waals surface area contributed by atoms with Gasteiger partial charge in [-0.1, -0.05) is 12.8 Å². The Labute approximate surface area is 218 Å². The van der Waals surface area contributed by atoms with Crippen LogP contribution < -0.4 is 14.2 Å². The third-order valence-corrected chi connectivity index (χ3v) is 5.68. The van der Waals surface area contributed by atoms with Gasteiger partial charge in [-0.15, -0.1) is 0 Å². The summed E-state index contributed by atoms with van der Waals surface area (Å²) in [5, 5.41) is 17.6. The van der Waals surface area contributed by atoms with E-state index in [4.69, 9.17) is 24.4 Å². The van der Waals surface area contributed by atoms with Gasteiger partial charge in [-0.3, -0.25) is 0 Å². The van der Waals surface area contributed by atoms with Crippen LogP contribution in [0.25, 0.3) is 11.4 Å². The molecule has 0 unspecified atom stereocenters. The van der Waals surface area contributed by atoms with E-state index >= 15 is 0 Å². The number of ether oxygens (including phenoxy) is 3. The van der Waals surface area contributed by atoms with Crippen molar-refractivity contribution in [3.8, 4) is 28.6 Å². The van der Waals surface area contributed by atoms with Crippen molar-refractivity contribution in [1.82, 2.24) is 9.97 Å². The summed E-state index contributed by atoms with van der Waals surface area (Å²) < 4.78 is 16.8. The zero-order chi connectivity index (χ0) is 26.1. The molecule has 8 nitrogen and oxygen atoms in total. The molecule has 0 radical (unpaired) electrons. The largest absolute Gasteiger partial charge is 0.494 e. The average molecular weight is 509 g/mol. The van der Waals surface area contributed by atoms with E-state index in [0.717, 1.165) is 62.7 Å². The molecule has 8 heteroatoms. The molecule has 2 aromatic carbocycles. The fraction of sp³-hybridized carbons (Fsp3) is 0.414. The summed E-state index contributed by atoms with van der Waals surface area (Å²) in [6.45, 7) is 1.71. The van der Waals surface area contributed by atoms with Crippen LogP contribution in [-0.4, -0.2) is 52.6 Å². The van der Waals surface area contributed by atoms with Crippen LogP contribution in [0.5, 0.6) is 17.2 Å². The number of aromatic nitrogens is 2. The SMILES string of the molecule is O=C(Oc1cnc(-c2ccc(OCCCCCCO)cc2)nc1)c1ccc(OCCCCCCO)cc1. The molecule has 0 aliphatic heterocycles. The van der Waals surface area contributed by atoms with Gasteiger partial charge in [0.2, 0.25) is 0 Å². The van der Waals surface area contributed by atoms with E-state index in [1.165, 1.54) is 12.4 Å². The maximum absolute atomic E-state index is 12.5.